The molecule has 0 aromatic rings. The van der Waals surface area contributed by atoms with Crippen LogP contribution in [0.25, 0.3) is 0 Å². The third-order valence-electron chi connectivity index (χ3n) is 4.25. The van der Waals surface area contributed by atoms with Gasteiger partial charge < -0.3 is 25.2 Å². The number of hydrogen-bond donors (Lipinski definition) is 3. The number of nitrogens with zero attached hydrogens (tertiary/aromatic N) is 1. The first-order chi connectivity index (χ1) is 10.1. The van der Waals surface area contributed by atoms with Crippen LogP contribution in [-0.4, -0.2) is 72.1 Å². The quantitative estimate of drug-likeness (QED) is 0.575. The van der Waals surface area contributed by atoms with Gasteiger partial charge in [-0.05, 0) is 51.6 Å². The standard InChI is InChI=1S/C15H28N2O4/c1-2-21-10-13(18)9-17-7-5-11(6-8-17)14(19)15(20)16-12-3-4-12/h11-14,18-19H,2-10H2,1H3,(H,16,20). The molecule has 0 aromatic carbocycles. The van der Waals surface area contributed by atoms with E-state index < -0.39 is 12.2 Å². The molecule has 6 heteroatoms. The van der Waals surface area contributed by atoms with Gasteiger partial charge in [-0.1, -0.05) is 0 Å². The number of carbonyl (C=O) groups excluding carboxylic acids is 1. The zero-order valence-corrected chi connectivity index (χ0v) is 12.8. The van der Waals surface area contributed by atoms with Crippen LogP contribution in [0.15, 0.2) is 0 Å². The number of aliphatic hydroxyl groups is 2. The number of amides is 1. The average molecular weight is 300 g/mol. The highest BCUT2D eigenvalue weighted by molar-refractivity contribution is 5.81. The van der Waals surface area contributed by atoms with Gasteiger partial charge in [0.05, 0.1) is 12.7 Å². The maximum atomic E-state index is 11.8. The first kappa shape index (κ1) is 16.7. The van der Waals surface area contributed by atoms with Gasteiger partial charge in [0.15, 0.2) is 0 Å². The molecule has 1 heterocycles. The number of piperidine rings is 1. The van der Waals surface area contributed by atoms with Crippen molar-refractivity contribution in [2.45, 2.75) is 50.9 Å². The molecule has 2 unspecified atom stereocenters. The van der Waals surface area contributed by atoms with E-state index in [2.05, 4.69) is 10.2 Å². The molecule has 1 saturated heterocycles. The fourth-order valence-electron chi connectivity index (χ4n) is 2.78. The first-order valence-corrected chi connectivity index (χ1v) is 8.06. The Kier molecular flexibility index (Phi) is 6.41. The van der Waals surface area contributed by atoms with Crippen LogP contribution in [0, 0.1) is 5.92 Å². The monoisotopic (exact) mass is 300 g/mol. The summed E-state index contributed by atoms with van der Waals surface area (Å²) >= 11 is 0. The minimum atomic E-state index is -0.888. The van der Waals surface area contributed by atoms with Crippen molar-refractivity contribution in [1.82, 2.24) is 10.2 Å². The predicted octanol–water partition coefficient (Wildman–Crippen LogP) is -0.265. The first-order valence-electron chi connectivity index (χ1n) is 8.06. The zero-order valence-electron chi connectivity index (χ0n) is 12.8. The van der Waals surface area contributed by atoms with Crippen molar-refractivity contribution in [3.05, 3.63) is 0 Å². The summed E-state index contributed by atoms with van der Waals surface area (Å²) in [5.74, 6) is -0.184. The van der Waals surface area contributed by atoms with Crippen LogP contribution in [0.1, 0.15) is 32.6 Å². The molecule has 21 heavy (non-hydrogen) atoms. The maximum Gasteiger partial charge on any atom is 0.249 e. The maximum absolute atomic E-state index is 11.8. The third kappa shape index (κ3) is 5.54. The van der Waals surface area contributed by atoms with Crippen molar-refractivity contribution in [3.8, 4) is 0 Å². The number of likely N-dealkylation sites (tertiary alicyclic amines) is 1. The highest BCUT2D eigenvalue weighted by atomic mass is 16.5. The number of nitrogens with one attached hydrogen (secondary N) is 1. The summed E-state index contributed by atoms with van der Waals surface area (Å²) in [6.07, 6.45) is 2.30. The van der Waals surface area contributed by atoms with Gasteiger partial charge in [-0.25, -0.2) is 0 Å². The molecule has 1 amide bonds. The number of carbonyl (C=O) groups is 1. The molecule has 2 rings (SSSR count). The van der Waals surface area contributed by atoms with Crippen molar-refractivity contribution >= 4 is 5.91 Å². The normalized spacial score (nSPS) is 23.8. The van der Waals surface area contributed by atoms with Crippen LogP contribution < -0.4 is 5.32 Å². The van der Waals surface area contributed by atoms with Crippen molar-refractivity contribution in [2.75, 3.05) is 32.8 Å². The zero-order chi connectivity index (χ0) is 15.2. The molecule has 0 radical (unpaired) electrons. The summed E-state index contributed by atoms with van der Waals surface area (Å²) in [7, 11) is 0. The van der Waals surface area contributed by atoms with Gasteiger partial charge >= 0.3 is 0 Å². The Labute approximate surface area is 126 Å². The second-order valence-electron chi connectivity index (χ2n) is 6.18. The van der Waals surface area contributed by atoms with E-state index >= 15 is 0 Å². The second-order valence-corrected chi connectivity index (χ2v) is 6.18. The van der Waals surface area contributed by atoms with Crippen molar-refractivity contribution in [3.63, 3.8) is 0 Å². The molecule has 2 fully saturated rings. The fourth-order valence-corrected chi connectivity index (χ4v) is 2.78. The van der Waals surface area contributed by atoms with Gasteiger partial charge in [0.25, 0.3) is 0 Å². The number of rotatable bonds is 8. The topological polar surface area (TPSA) is 82.0 Å². The lowest BCUT2D eigenvalue weighted by Crippen LogP contribution is -2.46. The van der Waals surface area contributed by atoms with Crippen molar-refractivity contribution < 1.29 is 19.7 Å². The summed E-state index contributed by atoms with van der Waals surface area (Å²) in [6, 6.07) is 0.293. The Morgan fingerprint density at radius 1 is 1.29 bits per heavy atom. The van der Waals surface area contributed by atoms with Crippen LogP contribution in [0.5, 0.6) is 0 Å². The molecule has 3 N–H and O–H groups in total. The Morgan fingerprint density at radius 3 is 2.52 bits per heavy atom. The van der Waals surface area contributed by atoms with Crippen LogP contribution in [0.2, 0.25) is 0 Å². The van der Waals surface area contributed by atoms with E-state index in [9.17, 15) is 15.0 Å². The Balaban J connectivity index is 1.65. The highest BCUT2D eigenvalue weighted by Crippen LogP contribution is 2.23. The molecule has 0 spiro atoms. The summed E-state index contributed by atoms with van der Waals surface area (Å²) in [5, 5.41) is 22.8. The number of hydrogen-bond acceptors (Lipinski definition) is 5. The lowest BCUT2D eigenvalue weighted by atomic mass is 9.90. The van der Waals surface area contributed by atoms with E-state index in [0.29, 0.717) is 25.8 Å². The average Bonchev–Trinajstić information content (AvgIpc) is 3.29. The second kappa shape index (κ2) is 8.08. The van der Waals surface area contributed by atoms with Gasteiger partial charge in [-0.15, -0.1) is 0 Å². The lowest BCUT2D eigenvalue weighted by Gasteiger charge is -2.34. The van der Waals surface area contributed by atoms with E-state index in [4.69, 9.17) is 4.74 Å². The molecule has 6 nitrogen and oxygen atoms in total. The third-order valence-corrected chi connectivity index (χ3v) is 4.25. The molecule has 2 aliphatic rings. The van der Waals surface area contributed by atoms with Crippen molar-refractivity contribution in [2.24, 2.45) is 5.92 Å². The van der Waals surface area contributed by atoms with Crippen molar-refractivity contribution in [1.29, 1.82) is 0 Å². The van der Waals surface area contributed by atoms with Crippen LogP contribution in [0.4, 0.5) is 0 Å². The van der Waals surface area contributed by atoms with E-state index in [-0.39, 0.29) is 11.8 Å². The molecule has 1 saturated carbocycles. The number of β-amino-alcohol motifs (C(OH)–C–C–N with tert-alkyl or cyclic N) is 1. The van der Waals surface area contributed by atoms with Gasteiger partial charge in [-0.3, -0.25) is 4.79 Å². The molecule has 1 aliphatic carbocycles. The molecule has 0 bridgehead atoms. The molecule has 0 aromatic heterocycles. The molecular weight excluding hydrogens is 272 g/mol. The van der Waals surface area contributed by atoms with Gasteiger partial charge in [0.2, 0.25) is 5.91 Å². The Morgan fingerprint density at radius 2 is 1.95 bits per heavy atom. The van der Waals surface area contributed by atoms with Gasteiger partial charge in [0.1, 0.15) is 6.10 Å². The summed E-state index contributed by atoms with van der Waals surface area (Å²) in [4.78, 5) is 14.0. The summed E-state index contributed by atoms with van der Waals surface area (Å²) < 4.78 is 5.20. The molecule has 2 atom stereocenters. The molecular formula is C15H28N2O4. The fraction of sp³-hybridized carbons (Fsp3) is 0.933. The largest absolute Gasteiger partial charge is 0.389 e. The lowest BCUT2D eigenvalue weighted by molar-refractivity contribution is -0.133. The smallest absolute Gasteiger partial charge is 0.249 e. The van der Waals surface area contributed by atoms with Crippen LogP contribution >= 0.6 is 0 Å². The minimum absolute atomic E-state index is 0.0315. The SMILES string of the molecule is CCOCC(O)CN1CCC(C(O)C(=O)NC2CC2)CC1. The predicted molar refractivity (Wildman–Crippen MR) is 78.8 cm³/mol. The summed E-state index contributed by atoms with van der Waals surface area (Å²) in [6.45, 7) is 5.09. The summed E-state index contributed by atoms with van der Waals surface area (Å²) in [5.41, 5.74) is 0. The van der Waals surface area contributed by atoms with E-state index in [0.717, 1.165) is 38.8 Å². The number of ether oxygens (including phenoxy) is 1. The van der Waals surface area contributed by atoms with Crippen LogP contribution in [0.3, 0.4) is 0 Å². The highest BCUT2D eigenvalue weighted by Gasteiger charge is 2.33. The Hall–Kier alpha value is -0.690. The van der Waals surface area contributed by atoms with Gasteiger partial charge in [-0.2, -0.15) is 0 Å². The van der Waals surface area contributed by atoms with E-state index in [1.54, 1.807) is 0 Å². The van der Waals surface area contributed by atoms with Gasteiger partial charge in [0, 0.05) is 19.2 Å². The molecule has 1 aliphatic heterocycles. The molecule has 122 valence electrons. The van der Waals surface area contributed by atoms with Crippen LogP contribution in [-0.2, 0) is 9.53 Å². The van der Waals surface area contributed by atoms with E-state index in [1.165, 1.54) is 0 Å². The minimum Gasteiger partial charge on any atom is -0.389 e. The van der Waals surface area contributed by atoms with E-state index in [1.807, 2.05) is 6.92 Å². The Bertz CT molecular complexity index is 328. The number of aliphatic hydroxyl groups excluding tert-OH is 2.